The molecule has 3 heteroatoms. The van der Waals surface area contributed by atoms with Crippen LogP contribution in [0.2, 0.25) is 0 Å². The third kappa shape index (κ3) is 4.75. The van der Waals surface area contributed by atoms with E-state index in [9.17, 15) is 0 Å². The Morgan fingerprint density at radius 3 is 2.62 bits per heavy atom. The molecular formula is C10H15LiO2. The second kappa shape index (κ2) is 5.73. The standard InChI is InChI=1S/C10H15O2.Li/c1-4-10(2,3)12-9-7-5-6-8-11-9;/h9H,5-8H2,2-3H3;/q-1;+1. The van der Waals surface area contributed by atoms with Gasteiger partial charge in [0.15, 0.2) is 6.29 Å². The maximum atomic E-state index is 6.99. The van der Waals surface area contributed by atoms with Crippen molar-refractivity contribution in [3.63, 3.8) is 0 Å². The minimum atomic E-state index is -0.609. The molecule has 0 aromatic rings. The molecule has 1 fully saturated rings. The van der Waals surface area contributed by atoms with Crippen LogP contribution in [0.1, 0.15) is 33.1 Å². The van der Waals surface area contributed by atoms with Gasteiger partial charge >= 0.3 is 18.9 Å². The summed E-state index contributed by atoms with van der Waals surface area (Å²) in [5.41, 5.74) is -0.609. The number of hydrogen-bond acceptors (Lipinski definition) is 2. The van der Waals surface area contributed by atoms with Crippen molar-refractivity contribution in [3.05, 3.63) is 6.42 Å². The van der Waals surface area contributed by atoms with Gasteiger partial charge in [-0.1, -0.05) is 0 Å². The average molecular weight is 174 g/mol. The summed E-state index contributed by atoms with van der Waals surface area (Å²) in [7, 11) is 0. The van der Waals surface area contributed by atoms with Crippen molar-refractivity contribution in [2.45, 2.75) is 45.0 Å². The monoisotopic (exact) mass is 174 g/mol. The van der Waals surface area contributed by atoms with E-state index in [-0.39, 0.29) is 25.2 Å². The molecule has 0 spiro atoms. The van der Waals surface area contributed by atoms with Crippen LogP contribution in [0, 0.1) is 12.3 Å². The van der Waals surface area contributed by atoms with Crippen molar-refractivity contribution in [2.24, 2.45) is 0 Å². The fourth-order valence-corrected chi connectivity index (χ4v) is 1.16. The average Bonchev–Trinajstić information content (AvgIpc) is 2.06. The second-order valence-electron chi connectivity index (χ2n) is 3.55. The molecule has 0 saturated carbocycles. The summed E-state index contributed by atoms with van der Waals surface area (Å²) in [6.07, 6.45) is 10.1. The van der Waals surface area contributed by atoms with Crippen LogP contribution in [-0.2, 0) is 9.47 Å². The maximum absolute atomic E-state index is 6.99. The molecule has 2 nitrogen and oxygen atoms in total. The summed E-state index contributed by atoms with van der Waals surface area (Å²) < 4.78 is 10.9. The SMILES string of the molecule is [C-]#CC(C)(C)OC1CCCCO1.[Li+]. The van der Waals surface area contributed by atoms with Crippen molar-refractivity contribution in [1.82, 2.24) is 0 Å². The molecule has 1 rings (SSSR count). The van der Waals surface area contributed by atoms with Crippen molar-refractivity contribution in [1.29, 1.82) is 0 Å². The van der Waals surface area contributed by atoms with Gasteiger partial charge in [-0.25, -0.2) is 0 Å². The van der Waals surface area contributed by atoms with Crippen molar-refractivity contribution >= 4 is 0 Å². The predicted octanol–water partition coefficient (Wildman–Crippen LogP) is -1.10. The number of hydrogen-bond donors (Lipinski definition) is 0. The minimum absolute atomic E-state index is 0. The maximum Gasteiger partial charge on any atom is 1.00 e. The van der Waals surface area contributed by atoms with E-state index in [1.54, 1.807) is 0 Å². The first-order valence-corrected chi connectivity index (χ1v) is 4.37. The van der Waals surface area contributed by atoms with Crippen LogP contribution in [0.15, 0.2) is 0 Å². The van der Waals surface area contributed by atoms with E-state index >= 15 is 0 Å². The first-order valence-electron chi connectivity index (χ1n) is 4.37. The van der Waals surface area contributed by atoms with Crippen LogP contribution in [0.25, 0.3) is 0 Å². The molecule has 68 valence electrons. The van der Waals surface area contributed by atoms with E-state index in [1.807, 2.05) is 13.8 Å². The molecule has 0 aromatic carbocycles. The Labute approximate surface area is 92.5 Å². The van der Waals surface area contributed by atoms with Crippen LogP contribution in [0.4, 0.5) is 0 Å². The first kappa shape index (κ1) is 13.1. The van der Waals surface area contributed by atoms with Crippen molar-refractivity contribution < 1.29 is 28.3 Å². The predicted molar refractivity (Wildman–Crippen MR) is 45.9 cm³/mol. The van der Waals surface area contributed by atoms with Crippen LogP contribution in [-0.4, -0.2) is 18.5 Å². The molecule has 1 heterocycles. The van der Waals surface area contributed by atoms with Gasteiger partial charge in [0.05, 0.1) is 5.60 Å². The largest absolute Gasteiger partial charge is 1.00 e. The van der Waals surface area contributed by atoms with Crippen molar-refractivity contribution in [2.75, 3.05) is 6.61 Å². The Morgan fingerprint density at radius 1 is 1.46 bits per heavy atom. The summed E-state index contributed by atoms with van der Waals surface area (Å²) in [5.74, 6) is 2.34. The van der Waals surface area contributed by atoms with Gasteiger partial charge in [0.25, 0.3) is 0 Å². The summed E-state index contributed by atoms with van der Waals surface area (Å²) in [6, 6.07) is 0. The molecule has 13 heavy (non-hydrogen) atoms. The molecule has 0 amide bonds. The Morgan fingerprint density at radius 2 is 2.15 bits per heavy atom. The Hall–Kier alpha value is 0.0774. The molecule has 1 aliphatic heterocycles. The van der Waals surface area contributed by atoms with Crippen LogP contribution < -0.4 is 18.9 Å². The summed E-state index contributed by atoms with van der Waals surface area (Å²) in [4.78, 5) is 0. The van der Waals surface area contributed by atoms with Gasteiger partial charge in [-0.05, 0) is 33.1 Å². The van der Waals surface area contributed by atoms with Crippen LogP contribution in [0.5, 0.6) is 0 Å². The fraction of sp³-hybridized carbons (Fsp3) is 0.800. The molecular weight excluding hydrogens is 159 g/mol. The van der Waals surface area contributed by atoms with E-state index in [4.69, 9.17) is 15.9 Å². The molecule has 0 N–H and O–H groups in total. The van der Waals surface area contributed by atoms with E-state index in [2.05, 4.69) is 5.92 Å². The molecule has 0 radical (unpaired) electrons. The molecule has 0 bridgehead atoms. The van der Waals surface area contributed by atoms with Gasteiger partial charge < -0.3 is 21.8 Å². The third-order valence-corrected chi connectivity index (χ3v) is 1.87. The summed E-state index contributed by atoms with van der Waals surface area (Å²) in [5, 5.41) is 0. The minimum Gasteiger partial charge on any atom is -0.691 e. The molecule has 0 aliphatic carbocycles. The van der Waals surface area contributed by atoms with Gasteiger partial charge in [-0.15, -0.1) is 0 Å². The normalized spacial score (nSPS) is 23.0. The number of rotatable bonds is 2. The van der Waals surface area contributed by atoms with E-state index in [0.717, 1.165) is 25.9 Å². The molecule has 1 saturated heterocycles. The van der Waals surface area contributed by atoms with Crippen LogP contribution in [0.3, 0.4) is 0 Å². The van der Waals surface area contributed by atoms with Gasteiger partial charge in [0.1, 0.15) is 0 Å². The van der Waals surface area contributed by atoms with E-state index in [0.29, 0.717) is 0 Å². The zero-order valence-corrected chi connectivity index (χ0v) is 8.72. The van der Waals surface area contributed by atoms with Crippen molar-refractivity contribution in [3.8, 4) is 5.92 Å². The molecule has 1 atom stereocenters. The zero-order chi connectivity index (χ0) is 9.03. The second-order valence-corrected chi connectivity index (χ2v) is 3.55. The molecule has 1 unspecified atom stereocenters. The smallest absolute Gasteiger partial charge is 0.691 e. The topological polar surface area (TPSA) is 18.5 Å². The fourth-order valence-electron chi connectivity index (χ4n) is 1.16. The number of ether oxygens (including phenoxy) is 2. The van der Waals surface area contributed by atoms with Crippen LogP contribution >= 0.6 is 0 Å². The van der Waals surface area contributed by atoms with E-state index < -0.39 is 5.60 Å². The van der Waals surface area contributed by atoms with Gasteiger partial charge in [0, 0.05) is 6.61 Å². The van der Waals surface area contributed by atoms with E-state index in [1.165, 1.54) is 0 Å². The Bertz CT molecular complexity index is 178. The molecule has 0 aromatic heterocycles. The quantitative estimate of drug-likeness (QED) is 0.300. The first-order chi connectivity index (χ1) is 5.64. The van der Waals surface area contributed by atoms with Gasteiger partial charge in [0.2, 0.25) is 0 Å². The zero-order valence-electron chi connectivity index (χ0n) is 8.72. The Balaban J connectivity index is 0.00000144. The van der Waals surface area contributed by atoms with Gasteiger partial charge in [-0.3, -0.25) is 0 Å². The summed E-state index contributed by atoms with van der Waals surface area (Å²) in [6.45, 7) is 4.41. The molecule has 1 aliphatic rings. The Kier molecular flexibility index (Phi) is 5.77. The third-order valence-electron chi connectivity index (χ3n) is 1.87. The summed E-state index contributed by atoms with van der Waals surface area (Å²) >= 11 is 0. The van der Waals surface area contributed by atoms with Gasteiger partial charge in [-0.2, -0.15) is 0 Å².